The van der Waals surface area contributed by atoms with Crippen LogP contribution in [0.15, 0.2) is 72.1 Å². The monoisotopic (exact) mass is 528 g/mol. The molecule has 0 saturated carbocycles. The quantitative estimate of drug-likeness (QED) is 0.148. The van der Waals surface area contributed by atoms with E-state index in [1.54, 1.807) is 13.8 Å². The summed E-state index contributed by atoms with van der Waals surface area (Å²) in [5.74, 6) is 1.20. The molecule has 0 amide bonds. The zero-order chi connectivity index (χ0) is 27.8. The SMILES string of the molecule is C=C(C)C(=O)OCCOCCOC1=CC=C(C(C)c2ccc(OCCOCCOC(=O)C(=C)C)cc2)CC1. The molecular weight excluding hydrogens is 488 g/mol. The predicted molar refractivity (Wildman–Crippen MR) is 145 cm³/mol. The molecule has 38 heavy (non-hydrogen) atoms. The smallest absolute Gasteiger partial charge is 0.333 e. The summed E-state index contributed by atoms with van der Waals surface area (Å²) >= 11 is 0. The van der Waals surface area contributed by atoms with E-state index < -0.39 is 11.9 Å². The van der Waals surface area contributed by atoms with Gasteiger partial charge in [0, 0.05) is 23.5 Å². The third kappa shape index (κ3) is 11.8. The van der Waals surface area contributed by atoms with Crippen LogP contribution in [0.4, 0.5) is 0 Å². The molecule has 1 aliphatic rings. The van der Waals surface area contributed by atoms with E-state index in [1.807, 2.05) is 18.2 Å². The Labute approximate surface area is 225 Å². The van der Waals surface area contributed by atoms with Crippen LogP contribution in [-0.2, 0) is 33.3 Å². The molecule has 0 N–H and O–H groups in total. The molecule has 208 valence electrons. The summed E-state index contributed by atoms with van der Waals surface area (Å²) in [5.41, 5.74) is 3.32. The number of allylic oxidation sites excluding steroid dienone is 4. The van der Waals surface area contributed by atoms with Crippen LogP contribution < -0.4 is 4.74 Å². The highest BCUT2D eigenvalue weighted by molar-refractivity contribution is 5.87. The maximum absolute atomic E-state index is 11.3. The second kappa shape index (κ2) is 17.2. The molecule has 0 radical (unpaired) electrons. The maximum atomic E-state index is 11.3. The minimum Gasteiger partial charge on any atom is -0.496 e. The summed E-state index contributed by atoms with van der Waals surface area (Å²) in [7, 11) is 0. The Bertz CT molecular complexity index is 990. The first kappa shape index (κ1) is 30.9. The fourth-order valence-electron chi connectivity index (χ4n) is 3.47. The van der Waals surface area contributed by atoms with Crippen molar-refractivity contribution in [1.82, 2.24) is 0 Å². The molecule has 1 aliphatic carbocycles. The molecule has 0 saturated heterocycles. The van der Waals surface area contributed by atoms with Gasteiger partial charge in [-0.25, -0.2) is 9.59 Å². The summed E-state index contributed by atoms with van der Waals surface area (Å²) in [6.45, 7) is 15.2. The number of hydrogen-bond acceptors (Lipinski definition) is 8. The van der Waals surface area contributed by atoms with Crippen molar-refractivity contribution in [3.8, 4) is 5.75 Å². The van der Waals surface area contributed by atoms with E-state index >= 15 is 0 Å². The van der Waals surface area contributed by atoms with Crippen LogP contribution in [0, 0.1) is 0 Å². The molecule has 1 atom stereocenters. The molecule has 1 aromatic rings. The Morgan fingerprint density at radius 1 is 0.737 bits per heavy atom. The van der Waals surface area contributed by atoms with Crippen molar-refractivity contribution in [1.29, 1.82) is 0 Å². The fraction of sp³-hybridized carbons (Fsp3) is 0.467. The largest absolute Gasteiger partial charge is 0.496 e. The Kier molecular flexibility index (Phi) is 14.0. The normalized spacial score (nSPS) is 13.6. The highest BCUT2D eigenvalue weighted by Crippen LogP contribution is 2.32. The second-order valence-electron chi connectivity index (χ2n) is 8.92. The number of carbonyl (C=O) groups is 2. The average Bonchev–Trinajstić information content (AvgIpc) is 2.91. The third-order valence-corrected chi connectivity index (χ3v) is 5.71. The molecule has 0 aromatic heterocycles. The summed E-state index contributed by atoms with van der Waals surface area (Å²) < 4.78 is 32.3. The minimum absolute atomic E-state index is 0.196. The summed E-state index contributed by atoms with van der Waals surface area (Å²) in [4.78, 5) is 22.6. The highest BCUT2D eigenvalue weighted by Gasteiger charge is 2.15. The van der Waals surface area contributed by atoms with Crippen molar-refractivity contribution < 1.29 is 38.0 Å². The first-order valence-electron chi connectivity index (χ1n) is 12.8. The number of benzene rings is 1. The molecular formula is C30H40O8. The van der Waals surface area contributed by atoms with E-state index in [1.165, 1.54) is 11.1 Å². The summed E-state index contributed by atoms with van der Waals surface area (Å²) in [6.07, 6.45) is 5.94. The van der Waals surface area contributed by atoms with Gasteiger partial charge in [-0.05, 0) is 44.0 Å². The second-order valence-corrected chi connectivity index (χ2v) is 8.92. The Balaban J connectivity index is 1.62. The molecule has 8 heteroatoms. The van der Waals surface area contributed by atoms with Crippen molar-refractivity contribution in [2.75, 3.05) is 52.9 Å². The van der Waals surface area contributed by atoms with Gasteiger partial charge in [0.15, 0.2) is 0 Å². The lowest BCUT2D eigenvalue weighted by Gasteiger charge is -2.21. The van der Waals surface area contributed by atoms with Crippen molar-refractivity contribution in [2.24, 2.45) is 0 Å². The van der Waals surface area contributed by atoms with Crippen molar-refractivity contribution in [3.05, 3.63) is 77.6 Å². The predicted octanol–water partition coefficient (Wildman–Crippen LogP) is 5.06. The molecule has 8 nitrogen and oxygen atoms in total. The van der Waals surface area contributed by atoms with Gasteiger partial charge in [0.2, 0.25) is 0 Å². The molecule has 0 heterocycles. The van der Waals surface area contributed by atoms with Crippen LogP contribution in [0.25, 0.3) is 0 Å². The Morgan fingerprint density at radius 2 is 1.26 bits per heavy atom. The maximum Gasteiger partial charge on any atom is 0.333 e. The van der Waals surface area contributed by atoms with Gasteiger partial charge in [0.05, 0.1) is 32.2 Å². The van der Waals surface area contributed by atoms with E-state index in [0.717, 1.165) is 24.4 Å². The van der Waals surface area contributed by atoms with E-state index in [2.05, 4.69) is 38.3 Å². The number of carbonyl (C=O) groups excluding carboxylic acids is 2. The summed E-state index contributed by atoms with van der Waals surface area (Å²) in [6, 6.07) is 8.10. The molecule has 0 fully saturated rings. The van der Waals surface area contributed by atoms with Crippen LogP contribution in [0.5, 0.6) is 5.75 Å². The number of esters is 2. The standard InChI is InChI=1S/C30H40O8/c1-22(2)29(31)37-20-16-33-14-18-35-27-10-6-25(7-11-27)24(5)26-8-12-28(13-9-26)36-19-15-34-17-21-38-30(32)23(3)4/h6-8,10-12,24H,1,3,9,13-21H2,2,4-5H3. The molecule has 2 rings (SSSR count). The van der Waals surface area contributed by atoms with E-state index in [-0.39, 0.29) is 19.1 Å². The van der Waals surface area contributed by atoms with Crippen LogP contribution in [0.3, 0.4) is 0 Å². The van der Waals surface area contributed by atoms with Crippen molar-refractivity contribution in [3.63, 3.8) is 0 Å². The lowest BCUT2D eigenvalue weighted by atomic mass is 9.87. The molecule has 1 aromatic carbocycles. The van der Waals surface area contributed by atoms with Crippen LogP contribution in [0.1, 0.15) is 45.1 Å². The first-order chi connectivity index (χ1) is 18.3. The van der Waals surface area contributed by atoms with Crippen LogP contribution in [-0.4, -0.2) is 64.8 Å². The lowest BCUT2D eigenvalue weighted by Crippen LogP contribution is -2.13. The van der Waals surface area contributed by atoms with Gasteiger partial charge in [-0.2, -0.15) is 0 Å². The molecule has 0 bridgehead atoms. The topological polar surface area (TPSA) is 89.5 Å². The zero-order valence-electron chi connectivity index (χ0n) is 22.8. The Morgan fingerprint density at radius 3 is 1.76 bits per heavy atom. The molecule has 1 unspecified atom stereocenters. The first-order valence-corrected chi connectivity index (χ1v) is 12.8. The zero-order valence-corrected chi connectivity index (χ0v) is 22.8. The highest BCUT2D eigenvalue weighted by atomic mass is 16.6. The number of rotatable bonds is 18. The average molecular weight is 529 g/mol. The van der Waals surface area contributed by atoms with Gasteiger partial charge < -0.3 is 28.4 Å². The summed E-state index contributed by atoms with van der Waals surface area (Å²) in [5, 5.41) is 0. The third-order valence-electron chi connectivity index (χ3n) is 5.71. The van der Waals surface area contributed by atoms with Crippen molar-refractivity contribution >= 4 is 11.9 Å². The van der Waals surface area contributed by atoms with Crippen LogP contribution in [0.2, 0.25) is 0 Å². The van der Waals surface area contributed by atoms with Gasteiger partial charge in [-0.15, -0.1) is 0 Å². The lowest BCUT2D eigenvalue weighted by molar-refractivity contribution is -0.141. The van der Waals surface area contributed by atoms with E-state index in [9.17, 15) is 9.59 Å². The fourth-order valence-corrected chi connectivity index (χ4v) is 3.47. The number of ether oxygens (including phenoxy) is 6. The van der Waals surface area contributed by atoms with Crippen LogP contribution >= 0.6 is 0 Å². The van der Waals surface area contributed by atoms with Gasteiger partial charge in [0.1, 0.15) is 32.2 Å². The van der Waals surface area contributed by atoms with Gasteiger partial charge in [-0.1, -0.05) is 43.9 Å². The van der Waals surface area contributed by atoms with E-state index in [4.69, 9.17) is 28.4 Å². The number of hydrogen-bond donors (Lipinski definition) is 0. The molecule has 0 aliphatic heterocycles. The van der Waals surface area contributed by atoms with Gasteiger partial charge >= 0.3 is 11.9 Å². The van der Waals surface area contributed by atoms with Gasteiger partial charge in [-0.3, -0.25) is 0 Å². The van der Waals surface area contributed by atoms with E-state index in [0.29, 0.717) is 50.8 Å². The van der Waals surface area contributed by atoms with Gasteiger partial charge in [0.25, 0.3) is 0 Å². The minimum atomic E-state index is -0.410. The Hall–Kier alpha value is -3.36. The molecule has 0 spiro atoms. The van der Waals surface area contributed by atoms with Crippen molar-refractivity contribution in [2.45, 2.75) is 39.5 Å².